The molecule has 0 aliphatic carbocycles. The lowest BCUT2D eigenvalue weighted by atomic mass is 10.1. The summed E-state index contributed by atoms with van der Waals surface area (Å²) in [7, 11) is 0. The molecule has 0 radical (unpaired) electrons. The summed E-state index contributed by atoms with van der Waals surface area (Å²) in [5.74, 6) is -1.54. The Kier molecular flexibility index (Phi) is 6.29. The Labute approximate surface area is 203 Å². The molecule has 0 saturated carbocycles. The average Bonchev–Trinajstić information content (AvgIpc) is 3.09. The van der Waals surface area contributed by atoms with E-state index in [0.717, 1.165) is 23.2 Å². The van der Waals surface area contributed by atoms with Crippen LogP contribution in [-0.4, -0.2) is 34.0 Å². The van der Waals surface area contributed by atoms with E-state index in [1.54, 1.807) is 0 Å². The molecular formula is C24H22F4N6O2. The third-order valence-electron chi connectivity index (χ3n) is 5.51. The Morgan fingerprint density at radius 2 is 1.89 bits per heavy atom. The molecule has 1 aliphatic rings. The molecule has 188 valence electrons. The van der Waals surface area contributed by atoms with Gasteiger partial charge in [0.25, 0.3) is 5.91 Å². The van der Waals surface area contributed by atoms with E-state index in [0.29, 0.717) is 5.56 Å². The van der Waals surface area contributed by atoms with Crippen molar-refractivity contribution in [3.63, 3.8) is 0 Å². The highest BCUT2D eigenvalue weighted by molar-refractivity contribution is 6.08. The molecule has 1 saturated heterocycles. The van der Waals surface area contributed by atoms with Crippen molar-refractivity contribution in [2.45, 2.75) is 32.1 Å². The Hall–Kier alpha value is -4.22. The largest absolute Gasteiger partial charge is 0.416 e. The summed E-state index contributed by atoms with van der Waals surface area (Å²) < 4.78 is 53.4. The molecule has 2 heterocycles. The zero-order valence-corrected chi connectivity index (χ0v) is 19.3. The van der Waals surface area contributed by atoms with E-state index in [1.165, 1.54) is 41.3 Å². The molecule has 1 fully saturated rings. The van der Waals surface area contributed by atoms with Crippen LogP contribution in [-0.2, 0) is 12.7 Å². The molecular weight excluding hydrogens is 480 g/mol. The first-order chi connectivity index (χ1) is 16.8. The van der Waals surface area contributed by atoms with Crippen LogP contribution in [0.15, 0.2) is 54.7 Å². The third-order valence-corrected chi connectivity index (χ3v) is 5.51. The topological polar surface area (TPSA) is 104 Å². The van der Waals surface area contributed by atoms with E-state index < -0.39 is 35.0 Å². The van der Waals surface area contributed by atoms with Gasteiger partial charge in [0.2, 0.25) is 5.95 Å². The molecule has 0 unspecified atom stereocenters. The number of aromatic nitrogens is 2. The minimum Gasteiger partial charge on any atom is -0.383 e. The van der Waals surface area contributed by atoms with Crippen LogP contribution in [0, 0.1) is 5.82 Å². The van der Waals surface area contributed by atoms with Gasteiger partial charge in [-0.1, -0.05) is 18.2 Å². The van der Waals surface area contributed by atoms with Crippen LogP contribution in [0.3, 0.4) is 0 Å². The summed E-state index contributed by atoms with van der Waals surface area (Å²) in [6.07, 6.45) is -3.50. The molecule has 3 aromatic rings. The van der Waals surface area contributed by atoms with Gasteiger partial charge in [0.05, 0.1) is 24.2 Å². The molecule has 1 aliphatic heterocycles. The summed E-state index contributed by atoms with van der Waals surface area (Å²) in [6.45, 7) is 3.72. The second-order valence-corrected chi connectivity index (χ2v) is 8.93. The quantitative estimate of drug-likeness (QED) is 0.504. The number of carbonyl (C=O) groups is 2. The molecule has 0 atom stereocenters. The van der Waals surface area contributed by atoms with Crippen LogP contribution in [0.2, 0.25) is 0 Å². The van der Waals surface area contributed by atoms with Crippen LogP contribution in [0.25, 0.3) is 0 Å². The first-order valence-electron chi connectivity index (χ1n) is 10.8. The average molecular weight is 502 g/mol. The molecule has 0 bridgehead atoms. The van der Waals surface area contributed by atoms with Gasteiger partial charge in [-0.3, -0.25) is 9.69 Å². The van der Waals surface area contributed by atoms with E-state index in [1.807, 2.05) is 13.8 Å². The zero-order chi connectivity index (χ0) is 26.3. The van der Waals surface area contributed by atoms with Gasteiger partial charge in [-0.15, -0.1) is 0 Å². The maximum Gasteiger partial charge on any atom is 0.416 e. The van der Waals surface area contributed by atoms with Gasteiger partial charge >= 0.3 is 12.2 Å². The molecule has 8 nitrogen and oxygen atoms in total. The minimum absolute atomic E-state index is 0.0173. The molecule has 1 aromatic heterocycles. The highest BCUT2D eigenvalue weighted by atomic mass is 19.4. The van der Waals surface area contributed by atoms with Crippen molar-refractivity contribution in [1.29, 1.82) is 0 Å². The normalized spacial score (nSPS) is 15.1. The fourth-order valence-electron chi connectivity index (χ4n) is 3.75. The van der Waals surface area contributed by atoms with Crippen LogP contribution >= 0.6 is 0 Å². The third kappa shape index (κ3) is 5.21. The van der Waals surface area contributed by atoms with E-state index in [2.05, 4.69) is 15.3 Å². The molecule has 36 heavy (non-hydrogen) atoms. The molecule has 2 aromatic carbocycles. The minimum atomic E-state index is -4.63. The Balaban J connectivity index is 1.71. The highest BCUT2D eigenvalue weighted by Crippen LogP contribution is 2.33. The predicted octanol–water partition coefficient (Wildman–Crippen LogP) is 4.37. The number of nitrogens with two attached hydrogens (primary N) is 1. The van der Waals surface area contributed by atoms with Crippen molar-refractivity contribution in [3.05, 3.63) is 77.2 Å². The lowest BCUT2D eigenvalue weighted by molar-refractivity contribution is -0.137. The Morgan fingerprint density at radius 3 is 2.47 bits per heavy atom. The van der Waals surface area contributed by atoms with Gasteiger partial charge in [0.1, 0.15) is 17.2 Å². The lowest BCUT2D eigenvalue weighted by Gasteiger charge is -2.25. The number of carbonyl (C=O) groups excluding carboxylic acids is 2. The summed E-state index contributed by atoms with van der Waals surface area (Å²) >= 11 is 0. The Morgan fingerprint density at radius 1 is 1.19 bits per heavy atom. The Bertz CT molecular complexity index is 1310. The maximum atomic E-state index is 13.5. The van der Waals surface area contributed by atoms with E-state index in [4.69, 9.17) is 5.73 Å². The van der Waals surface area contributed by atoms with Crippen LogP contribution < -0.4 is 20.9 Å². The van der Waals surface area contributed by atoms with Gasteiger partial charge in [-0.2, -0.15) is 18.2 Å². The number of halogens is 4. The number of nitrogens with one attached hydrogen (secondary N) is 1. The van der Waals surface area contributed by atoms with E-state index in [-0.39, 0.29) is 36.1 Å². The lowest BCUT2D eigenvalue weighted by Crippen LogP contribution is -2.36. The van der Waals surface area contributed by atoms with Crippen molar-refractivity contribution < 1.29 is 27.2 Å². The molecule has 4 rings (SSSR count). The van der Waals surface area contributed by atoms with Crippen LogP contribution in [0.1, 0.15) is 35.3 Å². The number of rotatable bonds is 5. The second-order valence-electron chi connectivity index (χ2n) is 8.93. The van der Waals surface area contributed by atoms with Crippen molar-refractivity contribution >= 4 is 29.4 Å². The summed E-state index contributed by atoms with van der Waals surface area (Å²) in [5, 5.41) is 2.76. The van der Waals surface area contributed by atoms with Gasteiger partial charge in [0, 0.05) is 11.9 Å². The molecule has 3 N–H and O–H groups in total. The second kappa shape index (κ2) is 9.10. The monoisotopic (exact) mass is 502 g/mol. The molecule has 12 heteroatoms. The van der Waals surface area contributed by atoms with Gasteiger partial charge in [-0.05, 0) is 49.7 Å². The number of anilines is 3. The van der Waals surface area contributed by atoms with E-state index in [9.17, 15) is 27.2 Å². The number of nitrogens with zero attached hydrogens (tertiary/aromatic N) is 4. The van der Waals surface area contributed by atoms with Crippen LogP contribution in [0.5, 0.6) is 0 Å². The fraction of sp³-hybridized carbons (Fsp3) is 0.250. The van der Waals surface area contributed by atoms with Crippen LogP contribution in [0.4, 0.5) is 39.8 Å². The standard InChI is InChI=1S/C24H22F4N6O2/c1-23(2)13-34(22(36)32-23)21-30-11-18(19(29)31-21)20(35)33(12-14-6-8-16(25)9-7-14)17-5-3-4-15(10-17)24(26,27)28/h3-11H,12-13H2,1-2H3,(H,32,36)(H2,29,30,31). The summed E-state index contributed by atoms with van der Waals surface area (Å²) in [6, 6.07) is 9.01. The van der Waals surface area contributed by atoms with Gasteiger partial charge in [0.15, 0.2) is 0 Å². The van der Waals surface area contributed by atoms with Gasteiger partial charge < -0.3 is 16.0 Å². The number of hydrogen-bond donors (Lipinski definition) is 2. The molecule has 3 amide bonds. The van der Waals surface area contributed by atoms with E-state index >= 15 is 0 Å². The smallest absolute Gasteiger partial charge is 0.383 e. The number of benzene rings is 2. The SMILES string of the molecule is CC1(C)CN(c2ncc(C(=O)N(Cc3ccc(F)cc3)c3cccc(C(F)(F)F)c3)c(N)n2)C(=O)N1. The van der Waals surface area contributed by atoms with Gasteiger partial charge in [-0.25, -0.2) is 14.2 Å². The first-order valence-corrected chi connectivity index (χ1v) is 10.8. The summed E-state index contributed by atoms with van der Waals surface area (Å²) in [5.41, 5.74) is 4.82. The predicted molar refractivity (Wildman–Crippen MR) is 125 cm³/mol. The number of urea groups is 1. The molecule has 0 spiro atoms. The number of nitrogen functional groups attached to an aromatic ring is 1. The summed E-state index contributed by atoms with van der Waals surface area (Å²) in [4.78, 5) is 36.3. The fourth-order valence-corrected chi connectivity index (χ4v) is 3.75. The van der Waals surface area contributed by atoms with Crippen molar-refractivity contribution in [2.24, 2.45) is 0 Å². The highest BCUT2D eigenvalue weighted by Gasteiger charge is 2.37. The number of hydrogen-bond acceptors (Lipinski definition) is 5. The number of amides is 3. The first kappa shape index (κ1) is 24.9. The zero-order valence-electron chi connectivity index (χ0n) is 19.3. The van der Waals surface area contributed by atoms with Crippen molar-refractivity contribution in [3.8, 4) is 0 Å². The van der Waals surface area contributed by atoms with Crippen molar-refractivity contribution in [2.75, 3.05) is 22.1 Å². The number of alkyl halides is 3. The maximum absolute atomic E-state index is 13.5. The van der Waals surface area contributed by atoms with Crippen molar-refractivity contribution in [1.82, 2.24) is 15.3 Å².